The van der Waals surface area contributed by atoms with E-state index in [-0.39, 0.29) is 16.6 Å². The standard InChI is InChI=1S/C13H22O/c1-12(2,3)9-7-11(14)8-10-13(4,5)6/h7,9H2,1-6H3. The molecule has 0 aromatic carbocycles. The lowest BCUT2D eigenvalue weighted by Gasteiger charge is -2.16. The van der Waals surface area contributed by atoms with E-state index in [9.17, 15) is 4.79 Å². The van der Waals surface area contributed by atoms with Crippen LogP contribution < -0.4 is 0 Å². The number of hydrogen-bond donors (Lipinski definition) is 0. The Morgan fingerprint density at radius 1 is 1.07 bits per heavy atom. The van der Waals surface area contributed by atoms with Crippen LogP contribution in [0.5, 0.6) is 0 Å². The van der Waals surface area contributed by atoms with Gasteiger partial charge in [-0.1, -0.05) is 26.7 Å². The highest BCUT2D eigenvalue weighted by Gasteiger charge is 2.12. The first-order valence-electron chi connectivity index (χ1n) is 5.16. The van der Waals surface area contributed by atoms with Gasteiger partial charge in [-0.15, -0.1) is 0 Å². The van der Waals surface area contributed by atoms with Crippen molar-refractivity contribution in [3.05, 3.63) is 0 Å². The first kappa shape index (κ1) is 13.2. The van der Waals surface area contributed by atoms with E-state index < -0.39 is 0 Å². The van der Waals surface area contributed by atoms with Crippen LogP contribution in [0.2, 0.25) is 0 Å². The van der Waals surface area contributed by atoms with Gasteiger partial charge < -0.3 is 0 Å². The topological polar surface area (TPSA) is 17.1 Å². The van der Waals surface area contributed by atoms with Crippen LogP contribution in [0, 0.1) is 22.7 Å². The summed E-state index contributed by atoms with van der Waals surface area (Å²) < 4.78 is 0. The Morgan fingerprint density at radius 2 is 1.57 bits per heavy atom. The largest absolute Gasteiger partial charge is 0.285 e. The van der Waals surface area contributed by atoms with Crippen LogP contribution in [-0.4, -0.2) is 5.78 Å². The molecule has 0 aromatic heterocycles. The fourth-order valence-corrected chi connectivity index (χ4v) is 0.808. The Bertz CT molecular complexity index is 250. The summed E-state index contributed by atoms with van der Waals surface area (Å²) in [4.78, 5) is 11.4. The Labute approximate surface area is 88.3 Å². The second-order valence-corrected chi connectivity index (χ2v) is 5.98. The molecule has 0 aliphatic heterocycles. The molecule has 1 heteroatoms. The lowest BCUT2D eigenvalue weighted by Crippen LogP contribution is -2.08. The summed E-state index contributed by atoms with van der Waals surface area (Å²) in [5, 5.41) is 0. The molecule has 0 saturated heterocycles. The molecule has 0 aromatic rings. The minimum atomic E-state index is -0.0720. The average Bonchev–Trinajstić information content (AvgIpc) is 1.94. The summed E-state index contributed by atoms with van der Waals surface area (Å²) in [5.41, 5.74) is 0.149. The van der Waals surface area contributed by atoms with Crippen molar-refractivity contribution in [2.75, 3.05) is 0 Å². The molecule has 1 nitrogen and oxygen atoms in total. The Kier molecular flexibility index (Phi) is 4.39. The molecule has 0 unspecified atom stereocenters. The molecule has 0 bridgehead atoms. The van der Waals surface area contributed by atoms with Crippen LogP contribution in [0.3, 0.4) is 0 Å². The molecule has 80 valence electrons. The van der Waals surface area contributed by atoms with Crippen LogP contribution in [0.4, 0.5) is 0 Å². The number of hydrogen-bond acceptors (Lipinski definition) is 1. The molecule has 0 rings (SSSR count). The highest BCUT2D eigenvalue weighted by atomic mass is 16.1. The molecule has 0 heterocycles. The summed E-state index contributed by atoms with van der Waals surface area (Å²) in [7, 11) is 0. The van der Waals surface area contributed by atoms with Crippen LogP contribution in [0.1, 0.15) is 54.4 Å². The second kappa shape index (κ2) is 4.64. The van der Waals surface area contributed by atoms with Crippen molar-refractivity contribution in [3.63, 3.8) is 0 Å². The quantitative estimate of drug-likeness (QED) is 0.486. The zero-order valence-electron chi connectivity index (χ0n) is 10.3. The first-order valence-corrected chi connectivity index (χ1v) is 5.16. The van der Waals surface area contributed by atoms with Crippen LogP contribution in [0.25, 0.3) is 0 Å². The average molecular weight is 194 g/mol. The fourth-order valence-electron chi connectivity index (χ4n) is 0.808. The lowest BCUT2D eigenvalue weighted by atomic mass is 9.89. The van der Waals surface area contributed by atoms with Gasteiger partial charge in [0.05, 0.1) is 0 Å². The minimum absolute atomic E-state index is 0.0647. The van der Waals surface area contributed by atoms with Crippen molar-refractivity contribution in [1.82, 2.24) is 0 Å². The molecule has 0 fully saturated rings. The summed E-state index contributed by atoms with van der Waals surface area (Å²) in [5.74, 6) is 5.73. The smallest absolute Gasteiger partial charge is 0.205 e. The first-order chi connectivity index (χ1) is 6.10. The number of ketones is 1. The van der Waals surface area contributed by atoms with Crippen molar-refractivity contribution >= 4 is 5.78 Å². The van der Waals surface area contributed by atoms with Crippen molar-refractivity contribution in [2.24, 2.45) is 10.8 Å². The van der Waals surface area contributed by atoms with Gasteiger partial charge in [0.1, 0.15) is 0 Å². The molecular formula is C13H22O. The maximum atomic E-state index is 11.4. The third kappa shape index (κ3) is 9.32. The maximum Gasteiger partial charge on any atom is 0.205 e. The zero-order chi connectivity index (χ0) is 11.4. The molecule has 0 N–H and O–H groups in total. The molecule has 0 spiro atoms. The molecule has 0 amide bonds. The van der Waals surface area contributed by atoms with E-state index in [2.05, 4.69) is 32.6 Å². The van der Waals surface area contributed by atoms with Gasteiger partial charge in [-0.05, 0) is 38.5 Å². The maximum absolute atomic E-state index is 11.4. The predicted octanol–water partition coefficient (Wildman–Crippen LogP) is 3.43. The molecule has 0 saturated carbocycles. The predicted molar refractivity (Wildman–Crippen MR) is 60.9 cm³/mol. The molecular weight excluding hydrogens is 172 g/mol. The highest BCUT2D eigenvalue weighted by molar-refractivity contribution is 5.95. The number of carbonyl (C=O) groups is 1. The molecule has 0 radical (unpaired) electrons. The van der Waals surface area contributed by atoms with Gasteiger partial charge in [-0.25, -0.2) is 0 Å². The van der Waals surface area contributed by atoms with Gasteiger partial charge in [-0.3, -0.25) is 4.79 Å². The molecule has 0 atom stereocenters. The number of Topliss-reactive ketones (excluding diaryl/α,β-unsaturated/α-hetero) is 1. The van der Waals surface area contributed by atoms with Crippen molar-refractivity contribution in [3.8, 4) is 11.8 Å². The van der Waals surface area contributed by atoms with E-state index in [1.165, 1.54) is 0 Å². The van der Waals surface area contributed by atoms with Gasteiger partial charge in [0.15, 0.2) is 0 Å². The van der Waals surface area contributed by atoms with E-state index in [4.69, 9.17) is 0 Å². The Hall–Kier alpha value is -0.770. The summed E-state index contributed by atoms with van der Waals surface area (Å²) in [6.45, 7) is 12.4. The summed E-state index contributed by atoms with van der Waals surface area (Å²) >= 11 is 0. The van der Waals surface area contributed by atoms with Crippen LogP contribution >= 0.6 is 0 Å². The Morgan fingerprint density at radius 3 is 1.93 bits per heavy atom. The molecule has 0 aliphatic rings. The number of rotatable bonds is 2. The second-order valence-electron chi connectivity index (χ2n) is 5.98. The lowest BCUT2D eigenvalue weighted by molar-refractivity contribution is -0.114. The third-order valence-corrected chi connectivity index (χ3v) is 1.68. The van der Waals surface area contributed by atoms with E-state index in [0.717, 1.165) is 6.42 Å². The zero-order valence-corrected chi connectivity index (χ0v) is 10.3. The number of carbonyl (C=O) groups excluding carboxylic acids is 1. The van der Waals surface area contributed by atoms with Crippen LogP contribution in [-0.2, 0) is 4.79 Å². The minimum Gasteiger partial charge on any atom is -0.285 e. The van der Waals surface area contributed by atoms with E-state index in [1.807, 2.05) is 20.8 Å². The third-order valence-electron chi connectivity index (χ3n) is 1.68. The summed E-state index contributed by atoms with van der Waals surface area (Å²) in [6.07, 6.45) is 1.48. The van der Waals surface area contributed by atoms with Crippen molar-refractivity contribution < 1.29 is 4.79 Å². The van der Waals surface area contributed by atoms with Crippen molar-refractivity contribution in [2.45, 2.75) is 54.4 Å². The highest BCUT2D eigenvalue weighted by Crippen LogP contribution is 2.20. The monoisotopic (exact) mass is 194 g/mol. The van der Waals surface area contributed by atoms with Crippen molar-refractivity contribution in [1.29, 1.82) is 0 Å². The molecule has 14 heavy (non-hydrogen) atoms. The van der Waals surface area contributed by atoms with Gasteiger partial charge >= 0.3 is 0 Å². The normalized spacial score (nSPS) is 11.9. The van der Waals surface area contributed by atoms with Gasteiger partial charge in [0, 0.05) is 11.8 Å². The molecule has 0 aliphatic carbocycles. The van der Waals surface area contributed by atoms with E-state index in [1.54, 1.807) is 0 Å². The fraction of sp³-hybridized carbons (Fsp3) is 0.769. The van der Waals surface area contributed by atoms with E-state index >= 15 is 0 Å². The SMILES string of the molecule is CC(C)(C)C#CC(=O)CCC(C)(C)C. The van der Waals surface area contributed by atoms with Gasteiger partial charge in [-0.2, -0.15) is 0 Å². The van der Waals surface area contributed by atoms with Gasteiger partial charge in [0.2, 0.25) is 5.78 Å². The Balaban J connectivity index is 4.05. The van der Waals surface area contributed by atoms with Crippen LogP contribution in [0.15, 0.2) is 0 Å². The van der Waals surface area contributed by atoms with E-state index in [0.29, 0.717) is 6.42 Å². The van der Waals surface area contributed by atoms with Gasteiger partial charge in [0.25, 0.3) is 0 Å². The summed E-state index contributed by atoms with van der Waals surface area (Å²) in [6, 6.07) is 0.